The first-order valence-electron chi connectivity index (χ1n) is 10.8. The van der Waals surface area contributed by atoms with Gasteiger partial charge in [0.2, 0.25) is 0 Å². The molecule has 0 spiro atoms. The van der Waals surface area contributed by atoms with Crippen LogP contribution in [-0.2, 0) is 18.9 Å². The summed E-state index contributed by atoms with van der Waals surface area (Å²) in [6.45, 7) is 16.7. The van der Waals surface area contributed by atoms with Gasteiger partial charge < -0.3 is 18.9 Å². The third kappa shape index (κ3) is 17.7. The maximum atomic E-state index is 5.88. The fourth-order valence-corrected chi connectivity index (χ4v) is 7.66. The van der Waals surface area contributed by atoms with Crippen molar-refractivity contribution in [1.29, 1.82) is 0 Å². The molecule has 0 aromatic carbocycles. The summed E-state index contributed by atoms with van der Waals surface area (Å²) < 4.78 is 23.5. The number of rotatable bonds is 17. The van der Waals surface area contributed by atoms with Crippen LogP contribution in [-0.4, -0.2) is 56.0 Å². The Labute approximate surface area is 167 Å². The molecular formula is C20H46O4Si2. The first-order chi connectivity index (χ1) is 12.2. The highest BCUT2D eigenvalue weighted by Crippen LogP contribution is 2.13. The van der Waals surface area contributed by atoms with Gasteiger partial charge in [0.1, 0.15) is 0 Å². The molecule has 0 radical (unpaired) electrons. The summed E-state index contributed by atoms with van der Waals surface area (Å²) >= 11 is 0. The van der Waals surface area contributed by atoms with Crippen LogP contribution >= 0.6 is 0 Å². The Morgan fingerprint density at radius 2 is 0.731 bits per heavy atom. The minimum Gasteiger partial charge on any atom is -0.350 e. The van der Waals surface area contributed by atoms with Crippen molar-refractivity contribution in [1.82, 2.24) is 0 Å². The second-order valence-corrected chi connectivity index (χ2v) is 12.5. The average molecular weight is 407 g/mol. The predicted molar refractivity (Wildman–Crippen MR) is 118 cm³/mol. The molecule has 0 amide bonds. The van der Waals surface area contributed by atoms with Gasteiger partial charge in [0, 0.05) is 19.0 Å². The lowest BCUT2D eigenvalue weighted by atomic mass is 10.4. The Hall–Kier alpha value is 0.274. The molecule has 0 aliphatic heterocycles. The van der Waals surface area contributed by atoms with E-state index in [1.165, 1.54) is 24.2 Å². The van der Waals surface area contributed by atoms with Crippen LogP contribution in [0.3, 0.4) is 0 Å². The molecule has 0 unspecified atom stereocenters. The van der Waals surface area contributed by atoms with E-state index in [2.05, 4.69) is 55.4 Å². The molecule has 4 nitrogen and oxygen atoms in total. The highest BCUT2D eigenvalue weighted by Gasteiger charge is 2.14. The van der Waals surface area contributed by atoms with Crippen LogP contribution in [0.4, 0.5) is 0 Å². The molecule has 0 aromatic rings. The Kier molecular flexibility index (Phi) is 16.4. The summed E-state index contributed by atoms with van der Waals surface area (Å²) in [7, 11) is 0.0588. The molecule has 0 saturated carbocycles. The standard InChI is InChI=1S/C20H46O4Si2/c1-15(2)21-19(22-16(3)4)9-11-25-13-14-26-12-10-20(23-17(5)6)24-18(7)8/h15-20H,9-14,25-26H2,1-8H3. The van der Waals surface area contributed by atoms with Gasteiger partial charge in [-0.15, -0.1) is 0 Å². The quantitative estimate of drug-likeness (QED) is 0.207. The maximum Gasteiger partial charge on any atom is 0.157 e. The number of hydrogen-bond donors (Lipinski definition) is 0. The van der Waals surface area contributed by atoms with Crippen LogP contribution in [0.5, 0.6) is 0 Å². The van der Waals surface area contributed by atoms with Crippen LogP contribution in [0, 0.1) is 0 Å². The van der Waals surface area contributed by atoms with Crippen molar-refractivity contribution >= 4 is 19.0 Å². The van der Waals surface area contributed by atoms with Crippen molar-refractivity contribution in [3.63, 3.8) is 0 Å². The molecule has 0 heterocycles. The summed E-state index contributed by atoms with van der Waals surface area (Å²) in [5.74, 6) is 0. The highest BCUT2D eigenvalue weighted by molar-refractivity contribution is 6.42. The molecule has 6 heteroatoms. The van der Waals surface area contributed by atoms with Crippen molar-refractivity contribution in [2.24, 2.45) is 0 Å². The summed E-state index contributed by atoms with van der Waals surface area (Å²) in [5.41, 5.74) is 0. The highest BCUT2D eigenvalue weighted by atomic mass is 28.2. The monoisotopic (exact) mass is 406 g/mol. The molecule has 0 aromatic heterocycles. The van der Waals surface area contributed by atoms with Crippen molar-refractivity contribution in [2.75, 3.05) is 0 Å². The number of hydrogen-bond acceptors (Lipinski definition) is 4. The van der Waals surface area contributed by atoms with Gasteiger partial charge in [-0.05, 0) is 68.2 Å². The van der Waals surface area contributed by atoms with E-state index in [1.54, 1.807) is 0 Å². The molecule has 158 valence electrons. The predicted octanol–water partition coefficient (Wildman–Crippen LogP) is 4.13. The third-order valence-electron chi connectivity index (χ3n) is 3.83. The largest absolute Gasteiger partial charge is 0.350 e. The molecule has 0 fully saturated rings. The van der Waals surface area contributed by atoms with Gasteiger partial charge in [-0.3, -0.25) is 0 Å². The van der Waals surface area contributed by atoms with E-state index in [4.69, 9.17) is 18.9 Å². The SMILES string of the molecule is CC(C)OC(CC[SiH2]CC[SiH2]CCC(OC(C)C)OC(C)C)OC(C)C. The van der Waals surface area contributed by atoms with Gasteiger partial charge in [0.05, 0.1) is 24.4 Å². The minimum absolute atomic E-state index is 0.0122. The lowest BCUT2D eigenvalue weighted by Gasteiger charge is -2.23. The summed E-state index contributed by atoms with van der Waals surface area (Å²) in [6.07, 6.45) is 3.06. The van der Waals surface area contributed by atoms with E-state index in [0.717, 1.165) is 12.8 Å². The van der Waals surface area contributed by atoms with E-state index in [0.29, 0.717) is 0 Å². The lowest BCUT2D eigenvalue weighted by molar-refractivity contribution is -0.181. The van der Waals surface area contributed by atoms with E-state index < -0.39 is 0 Å². The van der Waals surface area contributed by atoms with Gasteiger partial charge in [-0.1, -0.05) is 24.2 Å². The zero-order valence-electron chi connectivity index (χ0n) is 18.8. The fourth-order valence-electron chi connectivity index (χ4n) is 2.88. The number of ether oxygens (including phenoxy) is 4. The van der Waals surface area contributed by atoms with Crippen molar-refractivity contribution in [2.45, 2.75) is 129 Å². The van der Waals surface area contributed by atoms with E-state index in [9.17, 15) is 0 Å². The Morgan fingerprint density at radius 3 is 0.962 bits per heavy atom. The summed E-state index contributed by atoms with van der Waals surface area (Å²) in [4.78, 5) is 0. The first-order valence-corrected chi connectivity index (χ1v) is 14.8. The van der Waals surface area contributed by atoms with Gasteiger partial charge in [-0.2, -0.15) is 0 Å². The summed E-state index contributed by atoms with van der Waals surface area (Å²) in [5, 5.41) is 0. The van der Waals surface area contributed by atoms with Gasteiger partial charge in [0.25, 0.3) is 0 Å². The molecule has 0 aliphatic rings. The molecule has 0 atom stereocenters. The molecule has 0 bridgehead atoms. The normalized spacial score (nSPS) is 13.6. The topological polar surface area (TPSA) is 36.9 Å². The Bertz CT molecular complexity index is 262. The average Bonchev–Trinajstić information content (AvgIpc) is 2.47. The Balaban J connectivity index is 3.77. The zero-order chi connectivity index (χ0) is 19.9. The lowest BCUT2D eigenvalue weighted by Crippen LogP contribution is -2.25. The van der Waals surface area contributed by atoms with E-state index >= 15 is 0 Å². The smallest absolute Gasteiger partial charge is 0.157 e. The fraction of sp³-hybridized carbons (Fsp3) is 1.00. The zero-order valence-corrected chi connectivity index (χ0v) is 21.6. The van der Waals surface area contributed by atoms with Gasteiger partial charge in [0.15, 0.2) is 12.6 Å². The second kappa shape index (κ2) is 16.2. The van der Waals surface area contributed by atoms with Crippen molar-refractivity contribution in [3.8, 4) is 0 Å². The van der Waals surface area contributed by atoms with Crippen LogP contribution in [0.1, 0.15) is 68.2 Å². The molecule has 0 rings (SSSR count). The molecule has 26 heavy (non-hydrogen) atoms. The first kappa shape index (κ1) is 26.3. The van der Waals surface area contributed by atoms with E-state index in [1.807, 2.05) is 0 Å². The summed E-state index contributed by atoms with van der Waals surface area (Å²) in [6, 6.07) is 5.61. The molecule has 0 aliphatic carbocycles. The minimum atomic E-state index is -0.0122. The van der Waals surface area contributed by atoms with Gasteiger partial charge in [-0.25, -0.2) is 0 Å². The van der Waals surface area contributed by atoms with Crippen molar-refractivity contribution in [3.05, 3.63) is 0 Å². The molecule has 0 N–H and O–H groups in total. The second-order valence-electron chi connectivity index (χ2n) is 8.30. The van der Waals surface area contributed by atoms with Crippen molar-refractivity contribution < 1.29 is 18.9 Å². The van der Waals surface area contributed by atoms with Crippen LogP contribution in [0.15, 0.2) is 0 Å². The third-order valence-corrected chi connectivity index (χ3v) is 8.64. The molecular weight excluding hydrogens is 360 g/mol. The van der Waals surface area contributed by atoms with E-state index in [-0.39, 0.29) is 56.0 Å². The maximum absolute atomic E-state index is 5.88. The van der Waals surface area contributed by atoms with Crippen LogP contribution < -0.4 is 0 Å². The van der Waals surface area contributed by atoms with Gasteiger partial charge >= 0.3 is 0 Å². The van der Waals surface area contributed by atoms with Crippen LogP contribution in [0.25, 0.3) is 0 Å². The van der Waals surface area contributed by atoms with Crippen LogP contribution in [0.2, 0.25) is 24.2 Å². The Morgan fingerprint density at radius 1 is 0.462 bits per heavy atom. The molecule has 0 saturated heterocycles.